The summed E-state index contributed by atoms with van der Waals surface area (Å²) in [7, 11) is 3.59. The number of H-pyrrole nitrogens is 1. The maximum absolute atomic E-state index is 10.7. The van der Waals surface area contributed by atoms with E-state index < -0.39 is 6.10 Å². The third kappa shape index (κ3) is 4.60. The van der Waals surface area contributed by atoms with E-state index in [1.54, 1.807) is 13.2 Å². The average Bonchev–Trinajstić information content (AvgIpc) is 3.17. The highest BCUT2D eigenvalue weighted by Crippen LogP contribution is 2.34. The van der Waals surface area contributed by atoms with Crippen LogP contribution >= 0.6 is 0 Å². The number of hydrogen-bond donors (Lipinski definition) is 3. The van der Waals surface area contributed by atoms with Gasteiger partial charge in [0.2, 0.25) is 0 Å². The van der Waals surface area contributed by atoms with E-state index in [1.165, 1.54) is 0 Å². The van der Waals surface area contributed by atoms with Crippen LogP contribution in [-0.4, -0.2) is 60.1 Å². The molecular formula is C25H28N2O4. The molecule has 1 unspecified atom stereocenters. The van der Waals surface area contributed by atoms with Crippen molar-refractivity contribution in [2.75, 3.05) is 33.9 Å². The number of aromatic amines is 1. The first-order valence-corrected chi connectivity index (χ1v) is 10.4. The second-order valence-electron chi connectivity index (χ2n) is 7.78. The Labute approximate surface area is 181 Å². The number of nitrogens with zero attached hydrogens (tertiary/aromatic N) is 1. The molecule has 0 aliphatic rings. The van der Waals surface area contributed by atoms with Crippen LogP contribution in [0, 0.1) is 0 Å². The Bertz CT molecular complexity index is 1170. The number of aromatic nitrogens is 1. The van der Waals surface area contributed by atoms with Gasteiger partial charge in [-0.2, -0.15) is 0 Å². The van der Waals surface area contributed by atoms with E-state index in [1.807, 2.05) is 66.5 Å². The van der Waals surface area contributed by atoms with Gasteiger partial charge in [-0.05, 0) is 36.9 Å². The Hall–Kier alpha value is -3.22. The summed E-state index contributed by atoms with van der Waals surface area (Å²) < 4.78 is 11.1. The van der Waals surface area contributed by atoms with Gasteiger partial charge in [0.05, 0.1) is 18.7 Å². The van der Waals surface area contributed by atoms with Crippen molar-refractivity contribution >= 4 is 21.8 Å². The van der Waals surface area contributed by atoms with E-state index in [0.29, 0.717) is 37.6 Å². The maximum atomic E-state index is 10.7. The van der Waals surface area contributed by atoms with E-state index in [2.05, 4.69) is 4.98 Å². The largest absolute Gasteiger partial charge is 0.507 e. The zero-order valence-corrected chi connectivity index (χ0v) is 17.8. The van der Waals surface area contributed by atoms with Gasteiger partial charge in [-0.3, -0.25) is 0 Å². The summed E-state index contributed by atoms with van der Waals surface area (Å²) in [6, 6.07) is 19.0. The number of aromatic hydroxyl groups is 1. The number of benzene rings is 3. The second-order valence-corrected chi connectivity index (χ2v) is 7.78. The molecule has 0 spiro atoms. The minimum Gasteiger partial charge on any atom is -0.507 e. The number of nitrogens with one attached hydrogen (secondary N) is 1. The van der Waals surface area contributed by atoms with Gasteiger partial charge in [0, 0.05) is 35.8 Å². The van der Waals surface area contributed by atoms with Crippen molar-refractivity contribution in [2.45, 2.75) is 12.5 Å². The van der Waals surface area contributed by atoms with Crippen molar-refractivity contribution in [3.63, 3.8) is 0 Å². The Morgan fingerprint density at radius 3 is 2.55 bits per heavy atom. The molecule has 0 bridgehead atoms. The van der Waals surface area contributed by atoms with E-state index >= 15 is 0 Å². The van der Waals surface area contributed by atoms with Crippen molar-refractivity contribution in [1.29, 1.82) is 0 Å². The van der Waals surface area contributed by atoms with E-state index in [9.17, 15) is 10.2 Å². The molecule has 0 saturated carbocycles. The molecule has 3 aromatic carbocycles. The van der Waals surface area contributed by atoms with E-state index in [-0.39, 0.29) is 5.75 Å². The first-order chi connectivity index (χ1) is 15.1. The Morgan fingerprint density at radius 1 is 1.00 bits per heavy atom. The van der Waals surface area contributed by atoms with Crippen molar-refractivity contribution in [2.24, 2.45) is 0 Å². The topological polar surface area (TPSA) is 78.0 Å². The van der Waals surface area contributed by atoms with E-state index in [0.717, 1.165) is 27.4 Å². The lowest BCUT2D eigenvalue weighted by molar-refractivity contribution is 0.117. The Balaban J connectivity index is 1.38. The molecule has 0 amide bonds. The zero-order chi connectivity index (χ0) is 21.8. The Morgan fingerprint density at radius 2 is 1.74 bits per heavy atom. The van der Waals surface area contributed by atoms with Crippen molar-refractivity contribution in [3.05, 3.63) is 66.2 Å². The quantitative estimate of drug-likeness (QED) is 0.382. The molecule has 6 heteroatoms. The highest BCUT2D eigenvalue weighted by molar-refractivity contribution is 6.11. The van der Waals surface area contributed by atoms with Crippen LogP contribution in [0.15, 0.2) is 60.7 Å². The van der Waals surface area contributed by atoms with Crippen LogP contribution in [0.1, 0.15) is 5.56 Å². The van der Waals surface area contributed by atoms with Gasteiger partial charge >= 0.3 is 0 Å². The molecule has 0 aliphatic carbocycles. The molecular weight excluding hydrogens is 392 g/mol. The summed E-state index contributed by atoms with van der Waals surface area (Å²) in [6.07, 6.45) is -0.0585. The fourth-order valence-corrected chi connectivity index (χ4v) is 3.98. The van der Waals surface area contributed by atoms with Crippen molar-refractivity contribution in [1.82, 2.24) is 9.88 Å². The highest BCUT2D eigenvalue weighted by Gasteiger charge is 2.16. The fourth-order valence-electron chi connectivity index (χ4n) is 3.98. The van der Waals surface area contributed by atoms with Crippen LogP contribution in [0.4, 0.5) is 0 Å². The molecule has 4 rings (SSSR count). The zero-order valence-electron chi connectivity index (χ0n) is 17.8. The lowest BCUT2D eigenvalue weighted by Gasteiger charge is -2.21. The van der Waals surface area contributed by atoms with Gasteiger partial charge in [0.15, 0.2) is 11.5 Å². The second kappa shape index (κ2) is 9.29. The molecule has 6 nitrogen and oxygen atoms in total. The normalized spacial score (nSPS) is 12.5. The third-order valence-electron chi connectivity index (χ3n) is 5.50. The number of phenols is 1. The van der Waals surface area contributed by atoms with Crippen LogP contribution in [-0.2, 0) is 6.42 Å². The number of rotatable bonds is 9. The van der Waals surface area contributed by atoms with Gasteiger partial charge in [-0.1, -0.05) is 36.4 Å². The molecule has 0 saturated heterocycles. The first kappa shape index (κ1) is 21.0. The van der Waals surface area contributed by atoms with Gasteiger partial charge in [-0.25, -0.2) is 0 Å². The number of para-hydroxylation sites is 3. The summed E-state index contributed by atoms with van der Waals surface area (Å²) in [4.78, 5) is 5.44. The van der Waals surface area contributed by atoms with Gasteiger partial charge in [-0.15, -0.1) is 0 Å². The summed E-state index contributed by atoms with van der Waals surface area (Å²) in [5, 5.41) is 22.9. The van der Waals surface area contributed by atoms with Crippen LogP contribution in [0.5, 0.6) is 17.2 Å². The third-order valence-corrected chi connectivity index (χ3v) is 5.50. The molecule has 0 radical (unpaired) electrons. The van der Waals surface area contributed by atoms with Gasteiger partial charge in [0.25, 0.3) is 0 Å². The van der Waals surface area contributed by atoms with Crippen LogP contribution in [0.25, 0.3) is 21.8 Å². The minimum atomic E-state index is -0.546. The molecule has 0 fully saturated rings. The summed E-state index contributed by atoms with van der Waals surface area (Å²) in [5.41, 5.74) is 2.83. The number of aliphatic hydroxyl groups is 1. The summed E-state index contributed by atoms with van der Waals surface area (Å²) >= 11 is 0. The lowest BCUT2D eigenvalue weighted by Crippen LogP contribution is -2.33. The molecule has 1 aromatic heterocycles. The number of ether oxygens (including phenoxy) is 2. The first-order valence-electron chi connectivity index (χ1n) is 10.4. The predicted octanol–water partition coefficient (Wildman–Crippen LogP) is 3.95. The van der Waals surface area contributed by atoms with Crippen LogP contribution < -0.4 is 9.47 Å². The number of aliphatic hydroxyl groups excluding tert-OH is 1. The van der Waals surface area contributed by atoms with Crippen LogP contribution in [0.3, 0.4) is 0 Å². The van der Waals surface area contributed by atoms with Crippen molar-refractivity contribution in [3.8, 4) is 17.2 Å². The van der Waals surface area contributed by atoms with Gasteiger partial charge < -0.3 is 29.6 Å². The highest BCUT2D eigenvalue weighted by atomic mass is 16.5. The Kier molecular flexibility index (Phi) is 6.30. The number of methoxy groups -OCH3 is 1. The fraction of sp³-hybridized carbons (Fsp3) is 0.280. The van der Waals surface area contributed by atoms with E-state index in [4.69, 9.17) is 9.47 Å². The average molecular weight is 421 g/mol. The smallest absolute Gasteiger partial charge is 0.161 e. The molecule has 3 N–H and O–H groups in total. The maximum Gasteiger partial charge on any atom is 0.161 e. The molecule has 31 heavy (non-hydrogen) atoms. The predicted molar refractivity (Wildman–Crippen MR) is 123 cm³/mol. The number of phenolic OH excluding ortho intramolecular Hbond substituents is 1. The number of fused-ring (bicyclic) bond motifs is 3. The molecule has 4 aromatic rings. The molecule has 0 aliphatic heterocycles. The minimum absolute atomic E-state index is 0.247. The standard InChI is InChI=1S/C25H28N2O4/c1-27(13-14-31-23-10-6-5-9-22(23)30-2)16-18(28)15-17-11-12-21(29)24-19-7-3-4-8-20(19)26-25(17)24/h3-12,18,26,28-29H,13-16H2,1-2H3. The molecule has 1 atom stereocenters. The number of likely N-dealkylation sites (N-methyl/N-ethyl adjacent to an activating group) is 1. The number of hydrogen-bond acceptors (Lipinski definition) is 5. The molecule has 1 heterocycles. The molecule has 162 valence electrons. The van der Waals surface area contributed by atoms with Crippen molar-refractivity contribution < 1.29 is 19.7 Å². The summed E-state index contributed by atoms with van der Waals surface area (Å²) in [5.74, 6) is 1.67. The lowest BCUT2D eigenvalue weighted by atomic mass is 10.0. The summed E-state index contributed by atoms with van der Waals surface area (Å²) in [6.45, 7) is 1.68. The SMILES string of the molecule is COc1ccccc1OCCN(C)CC(O)Cc1ccc(O)c2c1[nH]c1ccccc12. The van der Waals surface area contributed by atoms with Crippen LogP contribution in [0.2, 0.25) is 0 Å². The van der Waals surface area contributed by atoms with Gasteiger partial charge in [0.1, 0.15) is 12.4 Å². The monoisotopic (exact) mass is 420 g/mol.